The van der Waals surface area contributed by atoms with Crippen LogP contribution in [0.3, 0.4) is 0 Å². The van der Waals surface area contributed by atoms with Crippen LogP contribution in [0.15, 0.2) is 42.2 Å². The zero-order valence-electron chi connectivity index (χ0n) is 8.09. The lowest BCUT2D eigenvalue weighted by molar-refractivity contribution is 0.815. The van der Waals surface area contributed by atoms with Crippen molar-refractivity contribution in [3.8, 4) is 0 Å². The summed E-state index contributed by atoms with van der Waals surface area (Å²) in [5.74, 6) is 0. The zero-order chi connectivity index (χ0) is 9.07. The minimum absolute atomic E-state index is 1.19. The summed E-state index contributed by atoms with van der Waals surface area (Å²) in [5, 5.41) is 0. The van der Waals surface area contributed by atoms with E-state index in [0.717, 1.165) is 0 Å². The standard InChI is InChI=1S/C12H18/c1-3-5-7-9-11-12-10-8-6-4-2/h3,7,9-12H,4,6,8H2,1-2H3. The van der Waals surface area contributed by atoms with Crippen LogP contribution in [0.5, 0.6) is 0 Å². The summed E-state index contributed by atoms with van der Waals surface area (Å²) >= 11 is 0. The Labute approximate surface area is 76.0 Å². The molecule has 0 rings (SSSR count). The summed E-state index contributed by atoms with van der Waals surface area (Å²) in [5.41, 5.74) is 2.98. The van der Waals surface area contributed by atoms with E-state index in [0.29, 0.717) is 0 Å². The number of allylic oxidation sites excluding steroid dienone is 5. The Balaban J connectivity index is 3.46. The number of rotatable bonds is 5. The molecular weight excluding hydrogens is 144 g/mol. The van der Waals surface area contributed by atoms with E-state index in [1.807, 2.05) is 31.2 Å². The molecule has 0 heterocycles. The molecule has 0 spiro atoms. The molecule has 0 saturated carbocycles. The number of hydrogen-bond donors (Lipinski definition) is 0. The maximum atomic E-state index is 2.98. The zero-order valence-corrected chi connectivity index (χ0v) is 8.09. The smallest absolute Gasteiger partial charge is 0.0203 e. The molecule has 0 aromatic carbocycles. The lowest BCUT2D eigenvalue weighted by Crippen LogP contribution is -1.64. The first kappa shape index (κ1) is 11.0. The summed E-state index contributed by atoms with van der Waals surface area (Å²) in [6.45, 7) is 4.17. The van der Waals surface area contributed by atoms with Crippen molar-refractivity contribution in [3.63, 3.8) is 0 Å². The first-order chi connectivity index (χ1) is 5.91. The van der Waals surface area contributed by atoms with Crippen molar-refractivity contribution in [2.24, 2.45) is 0 Å². The summed E-state index contributed by atoms with van der Waals surface area (Å²) < 4.78 is 0. The maximum absolute atomic E-state index is 2.98. The minimum atomic E-state index is 1.19. The second-order valence-corrected chi connectivity index (χ2v) is 2.58. The van der Waals surface area contributed by atoms with Crippen LogP contribution in [-0.2, 0) is 0 Å². The third kappa shape index (κ3) is 9.00. The molecule has 0 aromatic heterocycles. The molecule has 0 aliphatic rings. The van der Waals surface area contributed by atoms with E-state index < -0.39 is 0 Å². The summed E-state index contributed by atoms with van der Waals surface area (Å²) in [6.07, 6.45) is 15.9. The molecule has 0 atom stereocenters. The van der Waals surface area contributed by atoms with Gasteiger partial charge >= 0.3 is 0 Å². The van der Waals surface area contributed by atoms with Gasteiger partial charge in [0.1, 0.15) is 0 Å². The van der Waals surface area contributed by atoms with Crippen molar-refractivity contribution in [1.82, 2.24) is 0 Å². The Morgan fingerprint density at radius 2 is 2.00 bits per heavy atom. The van der Waals surface area contributed by atoms with Crippen molar-refractivity contribution in [2.45, 2.75) is 33.1 Å². The fraction of sp³-hybridized carbons (Fsp3) is 0.417. The molecular formula is C12H18. The van der Waals surface area contributed by atoms with Crippen LogP contribution in [0.4, 0.5) is 0 Å². The fourth-order valence-corrected chi connectivity index (χ4v) is 0.768. The first-order valence-corrected chi connectivity index (χ1v) is 4.60. The normalized spacial score (nSPS) is 10.5. The van der Waals surface area contributed by atoms with Gasteiger partial charge in [0.15, 0.2) is 0 Å². The molecule has 0 heteroatoms. The SMILES string of the molecule is CC=C=CC=CC=CCCCC. The van der Waals surface area contributed by atoms with Crippen molar-refractivity contribution in [1.29, 1.82) is 0 Å². The van der Waals surface area contributed by atoms with Gasteiger partial charge in [-0.3, -0.25) is 0 Å². The van der Waals surface area contributed by atoms with Gasteiger partial charge in [-0.25, -0.2) is 0 Å². The van der Waals surface area contributed by atoms with Gasteiger partial charge in [0, 0.05) is 0 Å². The molecule has 12 heavy (non-hydrogen) atoms. The van der Waals surface area contributed by atoms with Gasteiger partial charge in [-0.05, 0) is 25.5 Å². The van der Waals surface area contributed by atoms with Gasteiger partial charge in [-0.1, -0.05) is 44.1 Å². The van der Waals surface area contributed by atoms with E-state index in [-0.39, 0.29) is 0 Å². The Morgan fingerprint density at radius 1 is 1.17 bits per heavy atom. The summed E-state index contributed by atoms with van der Waals surface area (Å²) in [7, 11) is 0. The van der Waals surface area contributed by atoms with E-state index in [1.165, 1.54) is 19.3 Å². The van der Waals surface area contributed by atoms with Crippen LogP contribution < -0.4 is 0 Å². The van der Waals surface area contributed by atoms with E-state index in [1.54, 1.807) is 0 Å². The fourth-order valence-electron chi connectivity index (χ4n) is 0.768. The van der Waals surface area contributed by atoms with Crippen LogP contribution in [-0.4, -0.2) is 0 Å². The van der Waals surface area contributed by atoms with Gasteiger partial charge in [-0.2, -0.15) is 0 Å². The molecule has 0 fully saturated rings. The highest BCUT2D eigenvalue weighted by atomic mass is 13.8. The Morgan fingerprint density at radius 3 is 2.67 bits per heavy atom. The third-order valence-corrected chi connectivity index (χ3v) is 1.44. The number of hydrogen-bond acceptors (Lipinski definition) is 0. The summed E-state index contributed by atoms with van der Waals surface area (Å²) in [6, 6.07) is 0. The Kier molecular flexibility index (Phi) is 9.17. The summed E-state index contributed by atoms with van der Waals surface area (Å²) in [4.78, 5) is 0. The second-order valence-electron chi connectivity index (χ2n) is 2.58. The Bertz CT molecular complexity index is 188. The molecule has 0 nitrogen and oxygen atoms in total. The van der Waals surface area contributed by atoms with Crippen LogP contribution in [0.25, 0.3) is 0 Å². The number of unbranched alkanes of at least 4 members (excludes halogenated alkanes) is 2. The lowest BCUT2D eigenvalue weighted by Gasteiger charge is -1.84. The molecule has 0 amide bonds. The molecule has 0 bridgehead atoms. The van der Waals surface area contributed by atoms with E-state index in [2.05, 4.69) is 24.8 Å². The van der Waals surface area contributed by atoms with Gasteiger partial charge in [0.2, 0.25) is 0 Å². The van der Waals surface area contributed by atoms with E-state index in [4.69, 9.17) is 0 Å². The van der Waals surface area contributed by atoms with Crippen LogP contribution in [0.2, 0.25) is 0 Å². The monoisotopic (exact) mass is 162 g/mol. The highest BCUT2D eigenvalue weighted by Gasteiger charge is 1.74. The van der Waals surface area contributed by atoms with E-state index >= 15 is 0 Å². The van der Waals surface area contributed by atoms with Gasteiger partial charge in [-0.15, -0.1) is 5.73 Å². The van der Waals surface area contributed by atoms with E-state index in [9.17, 15) is 0 Å². The van der Waals surface area contributed by atoms with Crippen LogP contribution in [0, 0.1) is 0 Å². The minimum Gasteiger partial charge on any atom is -0.125 e. The lowest BCUT2D eigenvalue weighted by atomic mass is 10.2. The van der Waals surface area contributed by atoms with Gasteiger partial charge in [0.05, 0.1) is 0 Å². The molecule has 0 aliphatic heterocycles. The average molecular weight is 162 g/mol. The molecule has 0 N–H and O–H groups in total. The molecule has 66 valence electrons. The highest BCUT2D eigenvalue weighted by molar-refractivity contribution is 5.10. The van der Waals surface area contributed by atoms with Crippen molar-refractivity contribution in [2.75, 3.05) is 0 Å². The average Bonchev–Trinajstić information content (AvgIpc) is 2.10. The molecule has 0 aliphatic carbocycles. The first-order valence-electron chi connectivity index (χ1n) is 4.60. The molecule has 0 aromatic rings. The van der Waals surface area contributed by atoms with Crippen molar-refractivity contribution < 1.29 is 0 Å². The van der Waals surface area contributed by atoms with Gasteiger partial charge < -0.3 is 0 Å². The quantitative estimate of drug-likeness (QED) is 0.325. The van der Waals surface area contributed by atoms with Crippen molar-refractivity contribution >= 4 is 0 Å². The second kappa shape index (κ2) is 10.0. The Hall–Kier alpha value is -1.00. The highest BCUT2D eigenvalue weighted by Crippen LogP contribution is 1.94. The predicted octanol–water partition coefficient (Wildman–Crippen LogP) is 4.02. The van der Waals surface area contributed by atoms with Crippen LogP contribution >= 0.6 is 0 Å². The third-order valence-electron chi connectivity index (χ3n) is 1.44. The largest absolute Gasteiger partial charge is 0.125 e. The van der Waals surface area contributed by atoms with Crippen LogP contribution in [0.1, 0.15) is 33.1 Å². The maximum Gasteiger partial charge on any atom is -0.0203 e. The molecule has 0 saturated heterocycles. The predicted molar refractivity (Wildman–Crippen MR) is 56.1 cm³/mol. The molecule has 0 unspecified atom stereocenters. The topological polar surface area (TPSA) is 0 Å². The van der Waals surface area contributed by atoms with Gasteiger partial charge in [0.25, 0.3) is 0 Å². The molecule has 0 radical (unpaired) electrons. The van der Waals surface area contributed by atoms with Crippen molar-refractivity contribution in [3.05, 3.63) is 42.2 Å².